The molecule has 4 nitrogen and oxygen atoms in total. The summed E-state index contributed by atoms with van der Waals surface area (Å²) in [7, 11) is 0. The second-order valence-electron chi connectivity index (χ2n) is 6.62. The molecule has 5 rings (SSSR count). The van der Waals surface area contributed by atoms with Crippen LogP contribution in [0.1, 0.15) is 47.9 Å². The first-order valence-corrected chi connectivity index (χ1v) is 8.69. The van der Waals surface area contributed by atoms with E-state index in [1.54, 1.807) is 53.1 Å². The molecular weight excluding hydrogens is 357 g/mol. The van der Waals surface area contributed by atoms with E-state index in [1.165, 1.54) is 24.3 Å². The van der Waals surface area contributed by atoms with Crippen LogP contribution in [0.5, 0.6) is 0 Å². The number of halogens is 1. The molecule has 0 amide bonds. The Morgan fingerprint density at radius 3 is 2.18 bits per heavy atom. The third-order valence-electron chi connectivity index (χ3n) is 5.03. The summed E-state index contributed by atoms with van der Waals surface area (Å²) in [6.45, 7) is 0. The Balaban J connectivity index is 1.84. The van der Waals surface area contributed by atoms with Crippen LogP contribution in [-0.2, 0) is 0 Å². The van der Waals surface area contributed by atoms with Gasteiger partial charge >= 0.3 is 0 Å². The first kappa shape index (κ1) is 16.3. The van der Waals surface area contributed by atoms with Crippen LogP contribution in [0.4, 0.5) is 4.39 Å². The fourth-order valence-corrected chi connectivity index (χ4v) is 3.71. The molecule has 1 aliphatic carbocycles. The third kappa shape index (κ3) is 2.19. The molecule has 2 aromatic carbocycles. The summed E-state index contributed by atoms with van der Waals surface area (Å²) in [5.74, 6) is -1.56. The van der Waals surface area contributed by atoms with E-state index in [0.29, 0.717) is 11.1 Å². The zero-order chi connectivity index (χ0) is 19.4. The topological polar surface area (TPSA) is 55.6 Å². The molecule has 0 bridgehead atoms. The van der Waals surface area contributed by atoms with E-state index >= 15 is 0 Å². The van der Waals surface area contributed by atoms with Crippen LogP contribution in [0.3, 0.4) is 0 Å². The molecule has 0 fully saturated rings. The van der Waals surface area contributed by atoms with E-state index in [-0.39, 0.29) is 39.5 Å². The molecule has 5 heteroatoms. The van der Waals surface area contributed by atoms with Gasteiger partial charge in [0.25, 0.3) is 0 Å². The lowest BCUT2D eigenvalue weighted by atomic mass is 9.82. The van der Waals surface area contributed by atoms with Gasteiger partial charge in [-0.15, -0.1) is 0 Å². The molecule has 2 heterocycles. The van der Waals surface area contributed by atoms with Crippen molar-refractivity contribution in [2.24, 2.45) is 0 Å². The smallest absolute Gasteiger partial charge is 0.210 e. The molecule has 1 aliphatic rings. The van der Waals surface area contributed by atoms with Crippen molar-refractivity contribution in [2.75, 3.05) is 0 Å². The highest BCUT2D eigenvalue weighted by atomic mass is 19.1. The SMILES string of the molecule is O=C1c2ccccc2C(=O)c2c1cc1cccn1c2C(=O)c1ccc(F)cc1. The Morgan fingerprint density at radius 2 is 1.46 bits per heavy atom. The van der Waals surface area contributed by atoms with Gasteiger partial charge in [0.05, 0.1) is 5.56 Å². The molecule has 0 spiro atoms. The molecule has 0 saturated heterocycles. The molecule has 0 aliphatic heterocycles. The average Bonchev–Trinajstić information content (AvgIpc) is 3.19. The normalized spacial score (nSPS) is 12.8. The summed E-state index contributed by atoms with van der Waals surface area (Å²) >= 11 is 0. The minimum Gasteiger partial charge on any atom is -0.313 e. The maximum absolute atomic E-state index is 13.3. The van der Waals surface area contributed by atoms with Gasteiger partial charge < -0.3 is 4.40 Å². The lowest BCUT2D eigenvalue weighted by Crippen LogP contribution is -2.26. The summed E-state index contributed by atoms with van der Waals surface area (Å²) in [5.41, 5.74) is 1.88. The van der Waals surface area contributed by atoms with Gasteiger partial charge in [0.2, 0.25) is 5.78 Å². The molecule has 28 heavy (non-hydrogen) atoms. The van der Waals surface area contributed by atoms with Crippen molar-refractivity contribution in [1.82, 2.24) is 4.40 Å². The van der Waals surface area contributed by atoms with Crippen molar-refractivity contribution in [1.29, 1.82) is 0 Å². The molecule has 0 N–H and O–H groups in total. The number of nitrogens with zero attached hydrogens (tertiary/aromatic N) is 1. The fourth-order valence-electron chi connectivity index (χ4n) is 3.71. The highest BCUT2D eigenvalue weighted by molar-refractivity contribution is 6.31. The number of ketones is 3. The Kier molecular flexibility index (Phi) is 3.39. The Labute approximate surface area is 158 Å². The van der Waals surface area contributed by atoms with Gasteiger partial charge in [0.1, 0.15) is 11.5 Å². The zero-order valence-electron chi connectivity index (χ0n) is 14.5. The molecule has 0 atom stereocenters. The summed E-state index contributed by atoms with van der Waals surface area (Å²) in [6, 6.07) is 16.9. The molecule has 0 radical (unpaired) electrons. The van der Waals surface area contributed by atoms with E-state index in [1.807, 2.05) is 0 Å². The summed E-state index contributed by atoms with van der Waals surface area (Å²) in [5, 5.41) is 0. The third-order valence-corrected chi connectivity index (χ3v) is 5.03. The average molecular weight is 369 g/mol. The van der Waals surface area contributed by atoms with Gasteiger partial charge in [-0.1, -0.05) is 24.3 Å². The van der Waals surface area contributed by atoms with Crippen LogP contribution in [0.25, 0.3) is 5.52 Å². The van der Waals surface area contributed by atoms with Crippen LogP contribution in [-0.4, -0.2) is 21.8 Å². The Morgan fingerprint density at radius 1 is 0.786 bits per heavy atom. The first-order chi connectivity index (χ1) is 13.6. The lowest BCUT2D eigenvalue weighted by Gasteiger charge is -2.21. The van der Waals surface area contributed by atoms with Crippen molar-refractivity contribution in [3.05, 3.63) is 112 Å². The van der Waals surface area contributed by atoms with Crippen molar-refractivity contribution < 1.29 is 18.8 Å². The Bertz CT molecular complexity index is 1320. The summed E-state index contributed by atoms with van der Waals surface area (Å²) < 4.78 is 14.9. The number of aromatic nitrogens is 1. The maximum Gasteiger partial charge on any atom is 0.210 e. The van der Waals surface area contributed by atoms with Crippen LogP contribution < -0.4 is 0 Å². The standard InChI is InChI=1S/C23H12FNO3/c24-14-9-7-13(8-10-14)21(26)20-19-18(12-15-4-3-11-25(15)20)22(27)16-5-1-2-6-17(16)23(19)28/h1-12H. The molecule has 0 unspecified atom stereocenters. The summed E-state index contributed by atoms with van der Waals surface area (Å²) in [4.78, 5) is 39.6. The number of rotatable bonds is 2. The number of hydrogen-bond acceptors (Lipinski definition) is 3. The predicted octanol–water partition coefficient (Wildman–Crippen LogP) is 4.08. The zero-order valence-corrected chi connectivity index (χ0v) is 14.5. The monoisotopic (exact) mass is 369 g/mol. The van der Waals surface area contributed by atoms with E-state index in [9.17, 15) is 18.8 Å². The van der Waals surface area contributed by atoms with Crippen molar-refractivity contribution in [2.45, 2.75) is 0 Å². The number of hydrogen-bond donors (Lipinski definition) is 0. The molecular formula is C23H12FNO3. The van der Waals surface area contributed by atoms with Crippen molar-refractivity contribution in [3.8, 4) is 0 Å². The largest absolute Gasteiger partial charge is 0.313 e. The molecule has 4 aromatic rings. The van der Waals surface area contributed by atoms with Crippen LogP contribution >= 0.6 is 0 Å². The molecule has 134 valence electrons. The quantitative estimate of drug-likeness (QED) is 0.441. The highest BCUT2D eigenvalue weighted by Crippen LogP contribution is 2.32. The maximum atomic E-state index is 13.3. The van der Waals surface area contributed by atoms with Gasteiger partial charge in [-0.3, -0.25) is 14.4 Å². The van der Waals surface area contributed by atoms with E-state index in [0.717, 1.165) is 0 Å². The van der Waals surface area contributed by atoms with Gasteiger partial charge in [0, 0.05) is 34.0 Å². The first-order valence-electron chi connectivity index (χ1n) is 8.69. The summed E-state index contributed by atoms with van der Waals surface area (Å²) in [6.07, 6.45) is 1.67. The van der Waals surface area contributed by atoms with E-state index < -0.39 is 11.6 Å². The van der Waals surface area contributed by atoms with Crippen LogP contribution in [0.2, 0.25) is 0 Å². The fraction of sp³-hybridized carbons (Fsp3) is 0. The van der Waals surface area contributed by atoms with E-state index in [2.05, 4.69) is 0 Å². The predicted molar refractivity (Wildman–Crippen MR) is 101 cm³/mol. The van der Waals surface area contributed by atoms with E-state index in [4.69, 9.17) is 0 Å². The number of fused-ring (bicyclic) bond motifs is 3. The van der Waals surface area contributed by atoms with Gasteiger partial charge in [-0.25, -0.2) is 4.39 Å². The second-order valence-corrected chi connectivity index (χ2v) is 6.62. The highest BCUT2D eigenvalue weighted by Gasteiger charge is 2.35. The van der Waals surface area contributed by atoms with Crippen molar-refractivity contribution >= 4 is 22.9 Å². The lowest BCUT2D eigenvalue weighted by molar-refractivity contribution is 0.0969. The van der Waals surface area contributed by atoms with Gasteiger partial charge in [-0.05, 0) is 42.5 Å². The van der Waals surface area contributed by atoms with Crippen LogP contribution in [0, 0.1) is 5.82 Å². The minimum atomic E-state index is -0.460. The molecule has 2 aromatic heterocycles. The van der Waals surface area contributed by atoms with Gasteiger partial charge in [-0.2, -0.15) is 0 Å². The Hall–Kier alpha value is -3.86. The number of benzene rings is 2. The van der Waals surface area contributed by atoms with Gasteiger partial charge in [0.15, 0.2) is 11.6 Å². The number of carbonyl (C=O) groups is 3. The molecule has 0 saturated carbocycles. The number of carbonyl (C=O) groups excluding carboxylic acids is 3. The number of pyridine rings is 1. The second kappa shape index (κ2) is 5.82. The minimum absolute atomic E-state index is 0.0849. The van der Waals surface area contributed by atoms with Crippen LogP contribution in [0.15, 0.2) is 72.9 Å². The van der Waals surface area contributed by atoms with Crippen molar-refractivity contribution in [3.63, 3.8) is 0 Å².